The highest BCUT2D eigenvalue weighted by Gasteiger charge is 2.60. The fourth-order valence-electron chi connectivity index (χ4n) is 4.56. The number of aliphatic imine (C=N–C) groups is 1. The Labute approximate surface area is 161 Å². The van der Waals surface area contributed by atoms with E-state index < -0.39 is 28.9 Å². The summed E-state index contributed by atoms with van der Waals surface area (Å²) in [5.41, 5.74) is -0.349. The lowest BCUT2D eigenvalue weighted by molar-refractivity contribution is -0.0874. The summed E-state index contributed by atoms with van der Waals surface area (Å²) < 4.78 is 21.3. The van der Waals surface area contributed by atoms with E-state index in [0.717, 1.165) is 18.4 Å². The predicted molar refractivity (Wildman–Crippen MR) is 106 cm³/mol. The molecule has 0 saturated carbocycles. The van der Waals surface area contributed by atoms with Gasteiger partial charge in [-0.25, -0.2) is 9.18 Å². The molecule has 5 heteroatoms. The van der Waals surface area contributed by atoms with Crippen molar-refractivity contribution in [2.24, 2.45) is 4.99 Å². The van der Waals surface area contributed by atoms with Gasteiger partial charge in [-0.15, -0.1) is 0 Å². The Morgan fingerprint density at radius 3 is 2.56 bits per heavy atom. The molecule has 1 amide bonds. The number of nitrogens with zero attached hydrogens (tertiary/aromatic N) is 2. The van der Waals surface area contributed by atoms with Gasteiger partial charge in [-0.1, -0.05) is 30.3 Å². The van der Waals surface area contributed by atoms with Crippen LogP contribution < -0.4 is 0 Å². The number of amides is 1. The molecular formula is C22H31FN2O2. The number of carbonyl (C=O) groups is 1. The van der Waals surface area contributed by atoms with Crippen LogP contribution in [0, 0.1) is 0 Å². The minimum Gasteiger partial charge on any atom is -0.444 e. The minimum absolute atomic E-state index is 0.419. The van der Waals surface area contributed by atoms with Crippen LogP contribution in [0.5, 0.6) is 0 Å². The van der Waals surface area contributed by atoms with Crippen molar-refractivity contribution in [3.63, 3.8) is 0 Å². The largest absolute Gasteiger partial charge is 0.444 e. The summed E-state index contributed by atoms with van der Waals surface area (Å²) in [7, 11) is 0. The van der Waals surface area contributed by atoms with E-state index in [1.165, 1.54) is 0 Å². The van der Waals surface area contributed by atoms with E-state index in [1.54, 1.807) is 4.90 Å². The van der Waals surface area contributed by atoms with Gasteiger partial charge in [0.15, 0.2) is 6.17 Å². The molecule has 2 bridgehead atoms. The standard InChI is InChI=1S/C22H31FN2O2/c1-20(2,3)27-19(26)25-21(4)12-9-13-22(25,5)18(23)17(14-21)24-15-16-10-7-6-8-11-16/h6-8,10-11,18H,9,12-15H2,1-5H3/t18-,21-,22+/m1/s1. The molecule has 0 spiro atoms. The average Bonchev–Trinajstić information content (AvgIpc) is 2.56. The molecule has 0 N–H and O–H groups in total. The lowest BCUT2D eigenvalue weighted by atomic mass is 9.67. The molecule has 4 nitrogen and oxygen atoms in total. The second-order valence-corrected chi connectivity index (χ2v) is 9.36. The molecular weight excluding hydrogens is 343 g/mol. The van der Waals surface area contributed by atoms with Gasteiger partial charge in [-0.05, 0) is 59.4 Å². The van der Waals surface area contributed by atoms with Crippen molar-refractivity contribution in [2.45, 2.75) is 89.7 Å². The molecule has 2 fully saturated rings. The lowest BCUT2D eigenvalue weighted by Gasteiger charge is -2.59. The molecule has 0 aromatic heterocycles. The Kier molecular flexibility index (Phi) is 5.08. The maximum atomic E-state index is 15.6. The van der Waals surface area contributed by atoms with Crippen LogP contribution in [0.4, 0.5) is 9.18 Å². The molecule has 27 heavy (non-hydrogen) atoms. The molecule has 0 radical (unpaired) electrons. The highest BCUT2D eigenvalue weighted by Crippen LogP contribution is 2.49. The Hall–Kier alpha value is -1.91. The summed E-state index contributed by atoms with van der Waals surface area (Å²) in [5.74, 6) is 0. The molecule has 0 unspecified atom stereocenters. The summed E-state index contributed by atoms with van der Waals surface area (Å²) in [6, 6.07) is 9.88. The molecule has 2 aliphatic rings. The molecule has 3 atom stereocenters. The summed E-state index contributed by atoms with van der Waals surface area (Å²) in [5, 5.41) is 0. The van der Waals surface area contributed by atoms with Crippen LogP contribution in [0.1, 0.15) is 65.9 Å². The number of ether oxygens (including phenoxy) is 1. The van der Waals surface area contributed by atoms with Gasteiger partial charge in [0.1, 0.15) is 5.60 Å². The van der Waals surface area contributed by atoms with Crippen molar-refractivity contribution in [1.29, 1.82) is 0 Å². The third kappa shape index (κ3) is 3.87. The van der Waals surface area contributed by atoms with E-state index >= 15 is 4.39 Å². The van der Waals surface area contributed by atoms with Gasteiger partial charge >= 0.3 is 6.09 Å². The Morgan fingerprint density at radius 1 is 1.26 bits per heavy atom. The Bertz CT molecular complexity index is 728. The fraction of sp³-hybridized carbons (Fsp3) is 0.636. The monoisotopic (exact) mass is 374 g/mol. The van der Waals surface area contributed by atoms with E-state index in [1.807, 2.05) is 65.0 Å². The van der Waals surface area contributed by atoms with Crippen LogP contribution in [0.2, 0.25) is 0 Å². The molecule has 2 aliphatic heterocycles. The Balaban J connectivity index is 1.90. The van der Waals surface area contributed by atoms with Crippen LogP contribution in [0.15, 0.2) is 35.3 Å². The number of rotatable bonds is 2. The normalized spacial score (nSPS) is 32.4. The van der Waals surface area contributed by atoms with Crippen LogP contribution in [0.25, 0.3) is 0 Å². The molecule has 1 aromatic carbocycles. The molecule has 2 saturated heterocycles. The molecule has 2 heterocycles. The first kappa shape index (κ1) is 19.8. The maximum Gasteiger partial charge on any atom is 0.411 e. The zero-order chi connectivity index (χ0) is 19.9. The molecule has 1 aromatic rings. The summed E-state index contributed by atoms with van der Waals surface area (Å²) in [6.45, 7) is 9.88. The molecule has 0 aliphatic carbocycles. The summed E-state index contributed by atoms with van der Waals surface area (Å²) >= 11 is 0. The van der Waals surface area contributed by atoms with E-state index in [0.29, 0.717) is 25.1 Å². The van der Waals surface area contributed by atoms with Gasteiger partial charge in [0.2, 0.25) is 0 Å². The number of benzene rings is 1. The van der Waals surface area contributed by atoms with Crippen molar-refractivity contribution in [2.75, 3.05) is 0 Å². The van der Waals surface area contributed by atoms with Crippen molar-refractivity contribution in [3.05, 3.63) is 35.9 Å². The summed E-state index contributed by atoms with van der Waals surface area (Å²) in [6.07, 6.45) is 1.11. The predicted octanol–water partition coefficient (Wildman–Crippen LogP) is 5.31. The fourth-order valence-corrected chi connectivity index (χ4v) is 4.56. The van der Waals surface area contributed by atoms with E-state index in [2.05, 4.69) is 4.99 Å². The van der Waals surface area contributed by atoms with Gasteiger partial charge < -0.3 is 4.74 Å². The number of halogens is 1. The first-order valence-electron chi connectivity index (χ1n) is 9.80. The lowest BCUT2D eigenvalue weighted by Crippen LogP contribution is -2.72. The average molecular weight is 375 g/mol. The number of piperidine rings is 2. The quantitative estimate of drug-likeness (QED) is 0.704. The SMILES string of the molecule is CC(C)(C)OC(=O)N1[C@]2(C)CCC[C@@]1(C)[C@H](F)C(=NCc1ccccc1)C2. The van der Waals surface area contributed by atoms with Crippen molar-refractivity contribution >= 4 is 11.8 Å². The second-order valence-electron chi connectivity index (χ2n) is 9.36. The summed E-state index contributed by atoms with van der Waals surface area (Å²) in [4.78, 5) is 19.3. The number of carbonyl (C=O) groups excluding carboxylic acids is 1. The number of hydrogen-bond acceptors (Lipinski definition) is 3. The highest BCUT2D eigenvalue weighted by atomic mass is 19.1. The van der Waals surface area contributed by atoms with Gasteiger partial charge in [0.05, 0.1) is 17.8 Å². The third-order valence-corrected chi connectivity index (χ3v) is 5.73. The minimum atomic E-state index is -1.28. The topological polar surface area (TPSA) is 41.9 Å². The first-order valence-corrected chi connectivity index (χ1v) is 9.80. The molecule has 3 rings (SSSR count). The zero-order valence-corrected chi connectivity index (χ0v) is 17.1. The van der Waals surface area contributed by atoms with Gasteiger partial charge in [-0.3, -0.25) is 9.89 Å². The zero-order valence-electron chi connectivity index (χ0n) is 17.1. The van der Waals surface area contributed by atoms with Gasteiger partial charge in [0, 0.05) is 12.0 Å². The van der Waals surface area contributed by atoms with E-state index in [9.17, 15) is 4.79 Å². The van der Waals surface area contributed by atoms with Gasteiger partial charge in [0.25, 0.3) is 0 Å². The highest BCUT2D eigenvalue weighted by molar-refractivity contribution is 5.94. The maximum absolute atomic E-state index is 15.6. The van der Waals surface area contributed by atoms with Crippen LogP contribution in [-0.2, 0) is 11.3 Å². The van der Waals surface area contributed by atoms with E-state index in [-0.39, 0.29) is 0 Å². The number of alkyl halides is 1. The number of fused-ring (bicyclic) bond motifs is 2. The number of hydrogen-bond donors (Lipinski definition) is 0. The Morgan fingerprint density at radius 2 is 1.93 bits per heavy atom. The third-order valence-electron chi connectivity index (χ3n) is 5.73. The van der Waals surface area contributed by atoms with E-state index in [4.69, 9.17) is 4.74 Å². The van der Waals surface area contributed by atoms with Crippen LogP contribution in [-0.4, -0.2) is 39.6 Å². The first-order chi connectivity index (χ1) is 12.6. The van der Waals surface area contributed by atoms with Gasteiger partial charge in [-0.2, -0.15) is 0 Å². The smallest absolute Gasteiger partial charge is 0.411 e. The van der Waals surface area contributed by atoms with Crippen molar-refractivity contribution in [3.8, 4) is 0 Å². The van der Waals surface area contributed by atoms with Crippen molar-refractivity contribution in [1.82, 2.24) is 4.90 Å². The van der Waals surface area contributed by atoms with Crippen molar-refractivity contribution < 1.29 is 13.9 Å². The molecule has 148 valence electrons. The van der Waals surface area contributed by atoms with Crippen LogP contribution in [0.3, 0.4) is 0 Å². The second kappa shape index (κ2) is 6.92. The van der Waals surface area contributed by atoms with Crippen LogP contribution >= 0.6 is 0 Å².